The Bertz CT molecular complexity index is 1140. The molecule has 7 nitrogen and oxygen atoms in total. The summed E-state index contributed by atoms with van der Waals surface area (Å²) in [5.74, 6) is -0.567. The van der Waals surface area contributed by atoms with Crippen LogP contribution in [0, 0.1) is 13.8 Å². The number of nitrogens with zero attached hydrogens (tertiary/aromatic N) is 2. The van der Waals surface area contributed by atoms with Gasteiger partial charge in [0, 0.05) is 32.0 Å². The first-order valence-electron chi connectivity index (χ1n) is 12.1. The van der Waals surface area contributed by atoms with Crippen molar-refractivity contribution in [1.29, 1.82) is 0 Å². The van der Waals surface area contributed by atoms with Crippen molar-refractivity contribution in [2.75, 3.05) is 25.0 Å². The molecule has 0 saturated carbocycles. The number of hydrogen-bond donors (Lipinski definition) is 1. The van der Waals surface area contributed by atoms with Crippen molar-refractivity contribution >= 4 is 29.5 Å². The molecule has 2 aliphatic rings. The monoisotopic (exact) mass is 475 g/mol. The molecule has 2 atom stereocenters. The van der Waals surface area contributed by atoms with E-state index in [0.29, 0.717) is 13.2 Å². The number of hydrogen-bond acceptors (Lipinski definition) is 4. The summed E-state index contributed by atoms with van der Waals surface area (Å²) in [6.45, 7) is 6.40. The number of amides is 3. The molecule has 0 aromatic heterocycles. The molecule has 7 heteroatoms. The van der Waals surface area contributed by atoms with Gasteiger partial charge < -0.3 is 19.9 Å². The molecule has 2 aliphatic heterocycles. The van der Waals surface area contributed by atoms with Crippen molar-refractivity contribution in [3.05, 3.63) is 70.9 Å². The molecule has 0 aliphatic carbocycles. The maximum Gasteiger partial charge on any atom is 0.244 e. The highest BCUT2D eigenvalue weighted by Gasteiger charge is 2.32. The fourth-order valence-corrected chi connectivity index (χ4v) is 4.75. The van der Waals surface area contributed by atoms with Gasteiger partial charge in [-0.05, 0) is 61.1 Å². The molecule has 184 valence electrons. The fraction of sp³-hybridized carbons (Fsp3) is 0.393. The summed E-state index contributed by atoms with van der Waals surface area (Å²) >= 11 is 0. The lowest BCUT2D eigenvalue weighted by molar-refractivity contribution is -0.138. The van der Waals surface area contributed by atoms with E-state index in [1.807, 2.05) is 62.4 Å². The third-order valence-corrected chi connectivity index (χ3v) is 6.85. The van der Waals surface area contributed by atoms with Crippen LogP contribution in [0.25, 0.3) is 6.08 Å². The van der Waals surface area contributed by atoms with Gasteiger partial charge in [0.2, 0.25) is 17.7 Å². The lowest BCUT2D eigenvalue weighted by Gasteiger charge is -2.34. The van der Waals surface area contributed by atoms with E-state index in [2.05, 4.69) is 5.32 Å². The van der Waals surface area contributed by atoms with Crippen LogP contribution in [-0.4, -0.2) is 53.3 Å². The van der Waals surface area contributed by atoms with E-state index in [0.717, 1.165) is 40.8 Å². The average molecular weight is 476 g/mol. The summed E-state index contributed by atoms with van der Waals surface area (Å²) in [4.78, 5) is 42.2. The summed E-state index contributed by atoms with van der Waals surface area (Å²) in [6.07, 6.45) is 5.43. The topological polar surface area (TPSA) is 79.0 Å². The number of aryl methyl sites for hydroxylation is 1. The molecule has 1 fully saturated rings. The molecule has 0 radical (unpaired) electrons. The van der Waals surface area contributed by atoms with Gasteiger partial charge in [-0.2, -0.15) is 0 Å². The lowest BCUT2D eigenvalue weighted by Crippen LogP contribution is -2.44. The first-order valence-corrected chi connectivity index (χ1v) is 12.1. The third-order valence-electron chi connectivity index (χ3n) is 6.85. The Labute approximate surface area is 206 Å². The van der Waals surface area contributed by atoms with E-state index < -0.39 is 6.04 Å². The van der Waals surface area contributed by atoms with Gasteiger partial charge in [0.15, 0.2) is 0 Å². The minimum absolute atomic E-state index is 0.0731. The van der Waals surface area contributed by atoms with Crippen LogP contribution in [0.5, 0.6) is 0 Å². The molecule has 0 spiro atoms. The number of carbonyl (C=O) groups excluding carboxylic acids is 3. The lowest BCUT2D eigenvalue weighted by atomic mass is 9.93. The maximum atomic E-state index is 13.6. The fourth-order valence-electron chi connectivity index (χ4n) is 4.75. The highest BCUT2D eigenvalue weighted by atomic mass is 16.5. The summed E-state index contributed by atoms with van der Waals surface area (Å²) in [5.41, 5.74) is 4.74. The van der Waals surface area contributed by atoms with E-state index in [-0.39, 0.29) is 36.8 Å². The van der Waals surface area contributed by atoms with Gasteiger partial charge in [0.05, 0.1) is 25.1 Å². The number of fused-ring (bicyclic) bond motifs is 1. The smallest absolute Gasteiger partial charge is 0.244 e. The highest BCUT2D eigenvalue weighted by molar-refractivity contribution is 5.95. The molecule has 4 rings (SSSR count). The van der Waals surface area contributed by atoms with Crippen molar-refractivity contribution < 1.29 is 19.1 Å². The van der Waals surface area contributed by atoms with Gasteiger partial charge in [-0.25, -0.2) is 0 Å². The quantitative estimate of drug-likeness (QED) is 0.651. The predicted octanol–water partition coefficient (Wildman–Crippen LogP) is 4.21. The zero-order chi connectivity index (χ0) is 24.9. The number of benzene rings is 2. The minimum atomic E-state index is -0.421. The Balaban J connectivity index is 1.53. The van der Waals surface area contributed by atoms with E-state index in [1.54, 1.807) is 16.0 Å². The maximum absolute atomic E-state index is 13.6. The Hall–Kier alpha value is -3.45. The second-order valence-electron chi connectivity index (χ2n) is 9.30. The van der Waals surface area contributed by atoms with E-state index in [1.165, 1.54) is 6.92 Å². The molecule has 2 aromatic rings. The first kappa shape index (κ1) is 24.7. The van der Waals surface area contributed by atoms with Gasteiger partial charge >= 0.3 is 0 Å². The summed E-state index contributed by atoms with van der Waals surface area (Å²) < 4.78 is 5.77. The normalized spacial score (nSPS) is 18.8. The molecular formula is C28H33N3O4. The molecular weight excluding hydrogens is 442 g/mol. The van der Waals surface area contributed by atoms with Crippen LogP contribution in [-0.2, 0) is 19.1 Å². The minimum Gasteiger partial charge on any atom is -0.376 e. The average Bonchev–Trinajstić information content (AvgIpc) is 3.35. The van der Waals surface area contributed by atoms with Gasteiger partial charge in [0.1, 0.15) is 0 Å². The molecule has 1 saturated heterocycles. The van der Waals surface area contributed by atoms with Gasteiger partial charge in [-0.15, -0.1) is 0 Å². The Morgan fingerprint density at radius 2 is 1.91 bits per heavy atom. The summed E-state index contributed by atoms with van der Waals surface area (Å²) in [5, 5.41) is 2.96. The summed E-state index contributed by atoms with van der Waals surface area (Å²) in [6, 6.07) is 13.1. The Morgan fingerprint density at radius 3 is 2.66 bits per heavy atom. The number of rotatable bonds is 7. The molecule has 2 aromatic carbocycles. The zero-order valence-electron chi connectivity index (χ0n) is 20.6. The Morgan fingerprint density at radius 1 is 1.11 bits per heavy atom. The van der Waals surface area contributed by atoms with Gasteiger partial charge in [-0.3, -0.25) is 14.4 Å². The van der Waals surface area contributed by atoms with Crippen LogP contribution in [0.15, 0.2) is 48.7 Å². The molecule has 35 heavy (non-hydrogen) atoms. The van der Waals surface area contributed by atoms with E-state index in [4.69, 9.17) is 4.74 Å². The van der Waals surface area contributed by atoms with Gasteiger partial charge in [-0.1, -0.05) is 36.4 Å². The zero-order valence-corrected chi connectivity index (χ0v) is 20.6. The van der Waals surface area contributed by atoms with Crippen LogP contribution in [0.1, 0.15) is 54.5 Å². The van der Waals surface area contributed by atoms with Crippen molar-refractivity contribution in [2.24, 2.45) is 0 Å². The largest absolute Gasteiger partial charge is 0.376 e. The standard InChI is InChI=1S/C28H33N3O4/c1-19-8-6-12-25(20(19)2)29-27(33)18-30(17-23-10-7-15-35-23)28(34)16-26-24-11-5-4-9-22(24)13-14-31(26)21(3)32/h4-6,8-9,11-14,23,26H,7,10,15-18H2,1-3H3,(H,29,33). The van der Waals surface area contributed by atoms with E-state index >= 15 is 0 Å². The summed E-state index contributed by atoms with van der Waals surface area (Å²) in [7, 11) is 0. The second kappa shape index (κ2) is 10.9. The van der Waals surface area contributed by atoms with Crippen LogP contribution >= 0.6 is 0 Å². The second-order valence-corrected chi connectivity index (χ2v) is 9.30. The number of anilines is 1. The molecule has 3 amide bonds. The van der Waals surface area contributed by atoms with Crippen molar-refractivity contribution in [1.82, 2.24) is 9.80 Å². The number of carbonyl (C=O) groups is 3. The van der Waals surface area contributed by atoms with Crippen LogP contribution in [0.3, 0.4) is 0 Å². The van der Waals surface area contributed by atoms with Crippen molar-refractivity contribution in [3.63, 3.8) is 0 Å². The highest BCUT2D eigenvalue weighted by Crippen LogP contribution is 2.33. The third kappa shape index (κ3) is 5.80. The van der Waals surface area contributed by atoms with Crippen LogP contribution < -0.4 is 5.32 Å². The SMILES string of the molecule is CC(=O)N1C=Cc2ccccc2C1CC(=O)N(CC(=O)Nc1cccc(C)c1C)CC1CCCO1. The number of ether oxygens (including phenoxy) is 1. The molecule has 1 N–H and O–H groups in total. The van der Waals surface area contributed by atoms with E-state index in [9.17, 15) is 14.4 Å². The molecule has 0 bridgehead atoms. The molecule has 2 unspecified atom stereocenters. The number of nitrogens with one attached hydrogen (secondary N) is 1. The van der Waals surface area contributed by atoms with Crippen LogP contribution in [0.4, 0.5) is 5.69 Å². The van der Waals surface area contributed by atoms with Crippen LogP contribution in [0.2, 0.25) is 0 Å². The Kier molecular flexibility index (Phi) is 7.66. The first-order chi connectivity index (χ1) is 16.8. The molecule has 2 heterocycles. The van der Waals surface area contributed by atoms with Gasteiger partial charge in [0.25, 0.3) is 0 Å². The predicted molar refractivity (Wildman–Crippen MR) is 135 cm³/mol. The van der Waals surface area contributed by atoms with Crippen molar-refractivity contribution in [2.45, 2.75) is 52.2 Å². The van der Waals surface area contributed by atoms with Crippen molar-refractivity contribution in [3.8, 4) is 0 Å².